The number of aromatic amines is 1. The van der Waals surface area contributed by atoms with Gasteiger partial charge in [0, 0.05) is 24.7 Å². The van der Waals surface area contributed by atoms with Gasteiger partial charge in [0.2, 0.25) is 5.91 Å². The van der Waals surface area contributed by atoms with Crippen LogP contribution in [0.2, 0.25) is 0 Å². The molecule has 0 aliphatic rings. The van der Waals surface area contributed by atoms with Crippen LogP contribution in [0.25, 0.3) is 16.6 Å². The Morgan fingerprint density at radius 3 is 3.14 bits per heavy atom. The molecule has 0 unspecified atom stereocenters. The summed E-state index contributed by atoms with van der Waals surface area (Å²) in [6.07, 6.45) is 7.06. The summed E-state index contributed by atoms with van der Waals surface area (Å²) in [6, 6.07) is 7.61. The molecule has 0 radical (unpaired) electrons. The van der Waals surface area contributed by atoms with E-state index < -0.39 is 0 Å². The standard InChI is InChI=1S/C16H15N3O2S/c20-15(6-5-12-3-1-9-21-12)17-8-7-13-16(19-11-18-13)14-4-2-10-22-14/h1-6,9-11H,7-8H2,(H,17,20)(H,18,19)/b6-5+. The highest BCUT2D eigenvalue weighted by atomic mass is 32.1. The summed E-state index contributed by atoms with van der Waals surface area (Å²) >= 11 is 1.65. The molecule has 0 fully saturated rings. The molecule has 0 aliphatic carbocycles. The van der Waals surface area contributed by atoms with Gasteiger partial charge in [-0.1, -0.05) is 6.07 Å². The number of carbonyl (C=O) groups excluding carboxylic acids is 1. The zero-order chi connectivity index (χ0) is 15.2. The molecule has 3 heterocycles. The second kappa shape index (κ2) is 6.91. The molecule has 0 aliphatic heterocycles. The second-order valence-electron chi connectivity index (χ2n) is 4.60. The highest BCUT2D eigenvalue weighted by Gasteiger charge is 2.09. The van der Waals surface area contributed by atoms with Gasteiger partial charge in [-0.3, -0.25) is 4.79 Å². The van der Waals surface area contributed by atoms with Crippen LogP contribution in [0.4, 0.5) is 0 Å². The van der Waals surface area contributed by atoms with Crippen molar-refractivity contribution in [2.45, 2.75) is 6.42 Å². The summed E-state index contributed by atoms with van der Waals surface area (Å²) in [6.45, 7) is 0.544. The Kier molecular flexibility index (Phi) is 4.50. The molecule has 0 spiro atoms. The van der Waals surface area contributed by atoms with E-state index in [4.69, 9.17) is 4.42 Å². The van der Waals surface area contributed by atoms with Crippen molar-refractivity contribution in [3.8, 4) is 10.6 Å². The van der Waals surface area contributed by atoms with Gasteiger partial charge < -0.3 is 14.7 Å². The minimum Gasteiger partial charge on any atom is -0.465 e. The number of rotatable bonds is 6. The lowest BCUT2D eigenvalue weighted by atomic mass is 10.2. The zero-order valence-electron chi connectivity index (χ0n) is 11.8. The Labute approximate surface area is 131 Å². The number of aromatic nitrogens is 2. The van der Waals surface area contributed by atoms with Crippen molar-refractivity contribution < 1.29 is 9.21 Å². The molecular weight excluding hydrogens is 298 g/mol. The lowest BCUT2D eigenvalue weighted by molar-refractivity contribution is -0.116. The highest BCUT2D eigenvalue weighted by Crippen LogP contribution is 2.25. The first-order valence-corrected chi connectivity index (χ1v) is 7.76. The van der Waals surface area contributed by atoms with Gasteiger partial charge in [-0.15, -0.1) is 11.3 Å². The summed E-state index contributed by atoms with van der Waals surface area (Å²) in [7, 11) is 0. The highest BCUT2D eigenvalue weighted by molar-refractivity contribution is 7.13. The third-order valence-electron chi connectivity index (χ3n) is 3.09. The van der Waals surface area contributed by atoms with Crippen LogP contribution in [0.3, 0.4) is 0 Å². The van der Waals surface area contributed by atoms with Crippen molar-refractivity contribution in [3.63, 3.8) is 0 Å². The van der Waals surface area contributed by atoms with E-state index in [2.05, 4.69) is 15.3 Å². The zero-order valence-corrected chi connectivity index (χ0v) is 12.6. The number of imidazole rings is 1. The van der Waals surface area contributed by atoms with Crippen LogP contribution in [0, 0.1) is 0 Å². The molecule has 6 heteroatoms. The van der Waals surface area contributed by atoms with Gasteiger partial charge in [-0.05, 0) is 29.7 Å². The van der Waals surface area contributed by atoms with Crippen LogP contribution in [0.15, 0.2) is 52.7 Å². The first-order valence-electron chi connectivity index (χ1n) is 6.88. The Hall–Kier alpha value is -2.60. The average Bonchev–Trinajstić information content (AvgIpc) is 3.26. The topological polar surface area (TPSA) is 70.9 Å². The Bertz CT molecular complexity index is 742. The van der Waals surface area contributed by atoms with Gasteiger partial charge in [-0.25, -0.2) is 4.98 Å². The smallest absolute Gasteiger partial charge is 0.244 e. The van der Waals surface area contributed by atoms with E-state index in [1.54, 1.807) is 42.1 Å². The maximum absolute atomic E-state index is 11.7. The van der Waals surface area contributed by atoms with E-state index in [0.29, 0.717) is 18.7 Å². The molecule has 2 N–H and O–H groups in total. The number of nitrogens with zero attached hydrogens (tertiary/aromatic N) is 1. The van der Waals surface area contributed by atoms with Crippen molar-refractivity contribution in [1.29, 1.82) is 0 Å². The Morgan fingerprint density at radius 2 is 2.36 bits per heavy atom. The number of carbonyl (C=O) groups is 1. The predicted octanol–water partition coefficient (Wildman–Crippen LogP) is 3.10. The third-order valence-corrected chi connectivity index (χ3v) is 3.97. The van der Waals surface area contributed by atoms with E-state index >= 15 is 0 Å². The van der Waals surface area contributed by atoms with Crippen LogP contribution in [-0.4, -0.2) is 22.4 Å². The van der Waals surface area contributed by atoms with E-state index in [1.807, 2.05) is 17.5 Å². The normalized spacial score (nSPS) is 11.1. The molecule has 0 aromatic carbocycles. The van der Waals surface area contributed by atoms with Crippen LogP contribution in [0.1, 0.15) is 11.5 Å². The minimum atomic E-state index is -0.145. The molecule has 3 rings (SSSR count). The molecule has 3 aromatic rings. The number of hydrogen-bond donors (Lipinski definition) is 2. The maximum Gasteiger partial charge on any atom is 0.244 e. The number of furan rings is 1. The van der Waals surface area contributed by atoms with Crippen molar-refractivity contribution in [2.75, 3.05) is 6.54 Å². The molecule has 1 amide bonds. The quantitative estimate of drug-likeness (QED) is 0.687. The number of thiophene rings is 1. The fourth-order valence-electron chi connectivity index (χ4n) is 2.05. The summed E-state index contributed by atoms with van der Waals surface area (Å²) in [5.74, 6) is 0.511. The molecule has 0 saturated heterocycles. The fourth-order valence-corrected chi connectivity index (χ4v) is 2.80. The van der Waals surface area contributed by atoms with Gasteiger partial charge in [0.15, 0.2) is 0 Å². The molecule has 0 bridgehead atoms. The van der Waals surface area contributed by atoms with Crippen LogP contribution < -0.4 is 5.32 Å². The lowest BCUT2D eigenvalue weighted by Crippen LogP contribution is -2.23. The summed E-state index contributed by atoms with van der Waals surface area (Å²) in [4.78, 5) is 20.3. The van der Waals surface area contributed by atoms with Gasteiger partial charge in [0.25, 0.3) is 0 Å². The number of hydrogen-bond acceptors (Lipinski definition) is 4. The van der Waals surface area contributed by atoms with Crippen LogP contribution >= 0.6 is 11.3 Å². The van der Waals surface area contributed by atoms with E-state index in [1.165, 1.54) is 6.08 Å². The first-order chi connectivity index (χ1) is 10.8. The lowest BCUT2D eigenvalue weighted by Gasteiger charge is -2.02. The number of H-pyrrole nitrogens is 1. The summed E-state index contributed by atoms with van der Waals surface area (Å²) in [5, 5.41) is 4.87. The van der Waals surface area contributed by atoms with E-state index in [-0.39, 0.29) is 5.91 Å². The number of amides is 1. The molecule has 0 saturated carbocycles. The van der Waals surface area contributed by atoms with Crippen LogP contribution in [-0.2, 0) is 11.2 Å². The number of nitrogens with one attached hydrogen (secondary N) is 2. The predicted molar refractivity (Wildman–Crippen MR) is 86.4 cm³/mol. The van der Waals surface area contributed by atoms with E-state index in [0.717, 1.165) is 16.3 Å². The molecule has 3 aromatic heterocycles. The van der Waals surface area contributed by atoms with Gasteiger partial charge in [-0.2, -0.15) is 0 Å². The van der Waals surface area contributed by atoms with Gasteiger partial charge in [0.05, 0.1) is 17.5 Å². The summed E-state index contributed by atoms with van der Waals surface area (Å²) < 4.78 is 5.13. The van der Waals surface area contributed by atoms with Crippen molar-refractivity contribution in [3.05, 3.63) is 59.8 Å². The largest absolute Gasteiger partial charge is 0.465 e. The first kappa shape index (κ1) is 14.3. The molecule has 22 heavy (non-hydrogen) atoms. The maximum atomic E-state index is 11.7. The van der Waals surface area contributed by atoms with E-state index in [9.17, 15) is 4.79 Å². The third kappa shape index (κ3) is 3.53. The van der Waals surface area contributed by atoms with Crippen LogP contribution in [0.5, 0.6) is 0 Å². The van der Waals surface area contributed by atoms with Gasteiger partial charge >= 0.3 is 0 Å². The molecule has 112 valence electrons. The Morgan fingerprint density at radius 1 is 1.41 bits per heavy atom. The van der Waals surface area contributed by atoms with Crippen molar-refractivity contribution >= 4 is 23.3 Å². The Balaban J connectivity index is 1.51. The second-order valence-corrected chi connectivity index (χ2v) is 5.54. The fraction of sp³-hybridized carbons (Fsp3) is 0.125. The molecule has 0 atom stereocenters. The summed E-state index contributed by atoms with van der Waals surface area (Å²) in [5.41, 5.74) is 1.98. The monoisotopic (exact) mass is 313 g/mol. The minimum absolute atomic E-state index is 0.145. The SMILES string of the molecule is O=C(/C=C/c1ccco1)NCCc1[nH]cnc1-c1cccs1. The molecule has 5 nitrogen and oxygen atoms in total. The van der Waals surface area contributed by atoms with Crippen molar-refractivity contribution in [1.82, 2.24) is 15.3 Å². The van der Waals surface area contributed by atoms with Gasteiger partial charge in [0.1, 0.15) is 11.5 Å². The molecular formula is C16H15N3O2S. The average molecular weight is 313 g/mol. The van der Waals surface area contributed by atoms with Crippen molar-refractivity contribution in [2.24, 2.45) is 0 Å².